The van der Waals surface area contributed by atoms with Crippen LogP contribution in [-0.4, -0.2) is 33.9 Å². The van der Waals surface area contributed by atoms with Crippen molar-refractivity contribution in [2.45, 2.75) is 19.4 Å². The summed E-state index contributed by atoms with van der Waals surface area (Å²) in [5.41, 5.74) is 0.175. The van der Waals surface area contributed by atoms with E-state index >= 15 is 0 Å². The standard InChI is InChI=1S/C10H16N2O2/c1-8-4-3-5-9(11-8)12-10(2,6-13)7-14/h3-5,13-14H,6-7H2,1-2H3,(H,11,12). The molecule has 0 unspecified atom stereocenters. The van der Waals surface area contributed by atoms with Gasteiger partial charge in [0, 0.05) is 5.69 Å². The second kappa shape index (κ2) is 4.39. The predicted molar refractivity (Wildman–Crippen MR) is 55.2 cm³/mol. The van der Waals surface area contributed by atoms with Crippen molar-refractivity contribution in [2.24, 2.45) is 0 Å². The molecular formula is C10H16N2O2. The Morgan fingerprint density at radius 1 is 1.36 bits per heavy atom. The summed E-state index contributed by atoms with van der Waals surface area (Å²) < 4.78 is 0. The highest BCUT2D eigenvalue weighted by molar-refractivity contribution is 5.38. The zero-order valence-corrected chi connectivity index (χ0v) is 8.49. The van der Waals surface area contributed by atoms with Gasteiger partial charge in [-0.05, 0) is 26.0 Å². The Labute approximate surface area is 83.6 Å². The molecule has 4 nitrogen and oxygen atoms in total. The topological polar surface area (TPSA) is 65.4 Å². The van der Waals surface area contributed by atoms with E-state index in [2.05, 4.69) is 10.3 Å². The van der Waals surface area contributed by atoms with Gasteiger partial charge < -0.3 is 15.5 Å². The number of hydrogen-bond donors (Lipinski definition) is 3. The molecule has 0 aliphatic heterocycles. The molecule has 78 valence electrons. The molecule has 1 heterocycles. The summed E-state index contributed by atoms with van der Waals surface area (Å²) in [7, 11) is 0. The highest BCUT2D eigenvalue weighted by Gasteiger charge is 2.22. The smallest absolute Gasteiger partial charge is 0.126 e. The lowest BCUT2D eigenvalue weighted by Gasteiger charge is -2.26. The fourth-order valence-electron chi connectivity index (χ4n) is 1.05. The molecule has 0 bridgehead atoms. The van der Waals surface area contributed by atoms with E-state index in [1.165, 1.54) is 0 Å². The van der Waals surface area contributed by atoms with E-state index in [-0.39, 0.29) is 13.2 Å². The second-order valence-electron chi connectivity index (χ2n) is 3.67. The number of aromatic nitrogens is 1. The Morgan fingerprint density at radius 2 is 2.00 bits per heavy atom. The van der Waals surface area contributed by atoms with Crippen LogP contribution >= 0.6 is 0 Å². The maximum absolute atomic E-state index is 9.07. The number of nitrogens with one attached hydrogen (secondary N) is 1. The number of pyridine rings is 1. The molecule has 0 aliphatic carbocycles. The van der Waals surface area contributed by atoms with E-state index in [1.54, 1.807) is 13.0 Å². The second-order valence-corrected chi connectivity index (χ2v) is 3.67. The Hall–Kier alpha value is -1.13. The predicted octanol–water partition coefficient (Wildman–Crippen LogP) is 0.545. The summed E-state index contributed by atoms with van der Waals surface area (Å²) in [4.78, 5) is 4.22. The molecule has 1 rings (SSSR count). The van der Waals surface area contributed by atoms with Crippen molar-refractivity contribution in [1.82, 2.24) is 4.98 Å². The van der Waals surface area contributed by atoms with Crippen LogP contribution in [-0.2, 0) is 0 Å². The van der Waals surface area contributed by atoms with Crippen LogP contribution in [0.5, 0.6) is 0 Å². The Morgan fingerprint density at radius 3 is 2.50 bits per heavy atom. The van der Waals surface area contributed by atoms with Gasteiger partial charge in [-0.1, -0.05) is 6.07 Å². The normalized spacial score (nSPS) is 11.4. The van der Waals surface area contributed by atoms with Crippen molar-refractivity contribution in [2.75, 3.05) is 18.5 Å². The molecule has 1 aromatic heterocycles. The largest absolute Gasteiger partial charge is 0.394 e. The van der Waals surface area contributed by atoms with Crippen molar-refractivity contribution in [3.05, 3.63) is 23.9 Å². The maximum Gasteiger partial charge on any atom is 0.126 e. The zero-order chi connectivity index (χ0) is 10.6. The van der Waals surface area contributed by atoms with Gasteiger partial charge in [0.25, 0.3) is 0 Å². The van der Waals surface area contributed by atoms with Gasteiger partial charge in [0.05, 0.1) is 18.8 Å². The number of anilines is 1. The third kappa shape index (κ3) is 2.68. The first-order valence-corrected chi connectivity index (χ1v) is 4.53. The molecule has 1 aromatic rings. The van der Waals surface area contributed by atoms with Crippen LogP contribution in [0.15, 0.2) is 18.2 Å². The lowest BCUT2D eigenvalue weighted by atomic mass is 10.1. The highest BCUT2D eigenvalue weighted by Crippen LogP contribution is 2.12. The molecule has 4 heteroatoms. The molecule has 0 saturated carbocycles. The molecule has 0 spiro atoms. The monoisotopic (exact) mass is 196 g/mol. The minimum atomic E-state index is -0.721. The van der Waals surface area contributed by atoms with Gasteiger partial charge in [0.15, 0.2) is 0 Å². The first-order valence-electron chi connectivity index (χ1n) is 4.53. The van der Waals surface area contributed by atoms with E-state index in [9.17, 15) is 0 Å². The average molecular weight is 196 g/mol. The lowest BCUT2D eigenvalue weighted by Crippen LogP contribution is -2.42. The van der Waals surface area contributed by atoms with Crippen LogP contribution < -0.4 is 5.32 Å². The molecule has 0 aliphatic rings. The van der Waals surface area contributed by atoms with Gasteiger partial charge in [-0.2, -0.15) is 0 Å². The third-order valence-corrected chi connectivity index (χ3v) is 2.02. The van der Waals surface area contributed by atoms with E-state index in [1.807, 2.05) is 19.1 Å². The summed E-state index contributed by atoms with van der Waals surface area (Å²) in [6.07, 6.45) is 0. The van der Waals surface area contributed by atoms with Gasteiger partial charge in [0.1, 0.15) is 5.82 Å². The molecule has 14 heavy (non-hydrogen) atoms. The molecule has 3 N–H and O–H groups in total. The molecule has 0 fully saturated rings. The third-order valence-electron chi connectivity index (χ3n) is 2.02. The summed E-state index contributed by atoms with van der Waals surface area (Å²) in [6, 6.07) is 5.57. The minimum Gasteiger partial charge on any atom is -0.394 e. The van der Waals surface area contributed by atoms with E-state index in [0.29, 0.717) is 5.82 Å². The Balaban J connectivity index is 2.77. The van der Waals surface area contributed by atoms with E-state index in [4.69, 9.17) is 10.2 Å². The van der Waals surface area contributed by atoms with Crippen LogP contribution in [0, 0.1) is 6.92 Å². The maximum atomic E-state index is 9.07. The zero-order valence-electron chi connectivity index (χ0n) is 8.49. The van der Waals surface area contributed by atoms with E-state index in [0.717, 1.165) is 5.69 Å². The number of aryl methyl sites for hydroxylation is 1. The first kappa shape index (κ1) is 10.9. The minimum absolute atomic E-state index is 0.140. The van der Waals surface area contributed by atoms with Crippen molar-refractivity contribution >= 4 is 5.82 Å². The number of nitrogens with zero attached hydrogens (tertiary/aromatic N) is 1. The molecule has 0 amide bonds. The summed E-state index contributed by atoms with van der Waals surface area (Å²) in [5, 5.41) is 21.1. The number of aliphatic hydroxyl groups excluding tert-OH is 2. The Bertz CT molecular complexity index is 298. The van der Waals surface area contributed by atoms with Crippen LogP contribution in [0.1, 0.15) is 12.6 Å². The quantitative estimate of drug-likeness (QED) is 0.658. The van der Waals surface area contributed by atoms with Gasteiger partial charge in [-0.25, -0.2) is 4.98 Å². The molecule has 0 saturated heterocycles. The van der Waals surface area contributed by atoms with Crippen molar-refractivity contribution < 1.29 is 10.2 Å². The summed E-state index contributed by atoms with van der Waals surface area (Å²) in [5.74, 6) is 0.663. The Kier molecular flexibility index (Phi) is 3.43. The fraction of sp³-hybridized carbons (Fsp3) is 0.500. The average Bonchev–Trinajstić information content (AvgIpc) is 2.18. The number of rotatable bonds is 4. The van der Waals surface area contributed by atoms with Gasteiger partial charge in [0.2, 0.25) is 0 Å². The van der Waals surface area contributed by atoms with Crippen molar-refractivity contribution in [3.8, 4) is 0 Å². The van der Waals surface area contributed by atoms with Crippen molar-refractivity contribution in [3.63, 3.8) is 0 Å². The van der Waals surface area contributed by atoms with Gasteiger partial charge in [-0.3, -0.25) is 0 Å². The molecular weight excluding hydrogens is 180 g/mol. The molecule has 0 aromatic carbocycles. The molecule has 0 atom stereocenters. The van der Waals surface area contributed by atoms with Gasteiger partial charge in [-0.15, -0.1) is 0 Å². The SMILES string of the molecule is Cc1cccc(NC(C)(CO)CO)n1. The summed E-state index contributed by atoms with van der Waals surface area (Å²) >= 11 is 0. The fourth-order valence-corrected chi connectivity index (χ4v) is 1.05. The van der Waals surface area contributed by atoms with Crippen LogP contribution in [0.4, 0.5) is 5.82 Å². The van der Waals surface area contributed by atoms with Crippen LogP contribution in [0.25, 0.3) is 0 Å². The first-order chi connectivity index (χ1) is 6.59. The van der Waals surface area contributed by atoms with Crippen molar-refractivity contribution in [1.29, 1.82) is 0 Å². The number of hydrogen-bond acceptors (Lipinski definition) is 4. The van der Waals surface area contributed by atoms with E-state index < -0.39 is 5.54 Å². The molecule has 0 radical (unpaired) electrons. The van der Waals surface area contributed by atoms with Crippen LogP contribution in [0.3, 0.4) is 0 Å². The summed E-state index contributed by atoms with van der Waals surface area (Å²) in [6.45, 7) is 3.34. The van der Waals surface area contributed by atoms with Gasteiger partial charge >= 0.3 is 0 Å². The number of aliphatic hydroxyl groups is 2. The highest BCUT2D eigenvalue weighted by atomic mass is 16.3. The lowest BCUT2D eigenvalue weighted by molar-refractivity contribution is 0.147. The van der Waals surface area contributed by atoms with Crippen LogP contribution in [0.2, 0.25) is 0 Å².